The summed E-state index contributed by atoms with van der Waals surface area (Å²) in [7, 11) is -3.12. The number of phosphoric ester groups is 1. The summed E-state index contributed by atoms with van der Waals surface area (Å²) in [6.07, 6.45) is 3.11. The molecule has 0 unspecified atom stereocenters. The fraction of sp³-hybridized carbons (Fsp3) is 0.391. The third-order valence-electron chi connectivity index (χ3n) is 7.24. The van der Waals surface area contributed by atoms with Crippen LogP contribution in [0.4, 0.5) is 20.3 Å². The largest absolute Gasteiger partial charge is 0.470 e. The number of anilines is 2. The van der Waals surface area contributed by atoms with E-state index in [1.165, 1.54) is 19.3 Å². The van der Waals surface area contributed by atoms with Gasteiger partial charge < -0.3 is 35.5 Å². The van der Waals surface area contributed by atoms with E-state index < -0.39 is 25.6 Å². The average Bonchev–Trinajstić information content (AvgIpc) is 3.57. The smallest absolute Gasteiger partial charge is 0.421 e. The lowest BCUT2D eigenvalue weighted by Gasteiger charge is -2.31. The molecule has 6 rings (SSSR count). The van der Waals surface area contributed by atoms with Crippen LogP contribution >= 0.6 is 7.82 Å². The average molecular weight is 562 g/mol. The maximum absolute atomic E-state index is 15.2. The van der Waals surface area contributed by atoms with Gasteiger partial charge in [0.2, 0.25) is 0 Å². The third kappa shape index (κ3) is 4.55. The van der Waals surface area contributed by atoms with Crippen molar-refractivity contribution >= 4 is 41.3 Å². The van der Waals surface area contributed by atoms with Gasteiger partial charge in [-0.05, 0) is 25.7 Å². The van der Waals surface area contributed by atoms with Crippen LogP contribution in [0.3, 0.4) is 0 Å². The number of nitrogens with one attached hydrogen (secondary N) is 2. The number of hydrogen-bond acceptors (Lipinski definition) is 10. The van der Waals surface area contributed by atoms with Gasteiger partial charge in [-0.15, -0.1) is 0 Å². The Labute approximate surface area is 220 Å². The SMILES string of the molecule is CNc1cc(F)c(F)c2c1[nH]c1nc(Oc3cnc([C@@H](C)OP(=O)(O)O)nc3)nc(N3C[C@H]4C[C@@H]3C[C@H]4N)c12. The fourth-order valence-corrected chi connectivity index (χ4v) is 6.02. The van der Waals surface area contributed by atoms with Gasteiger partial charge in [0, 0.05) is 31.7 Å². The van der Waals surface area contributed by atoms with E-state index in [4.69, 9.17) is 20.3 Å². The molecular weight excluding hydrogens is 537 g/mol. The van der Waals surface area contributed by atoms with E-state index in [2.05, 4.69) is 34.8 Å². The summed E-state index contributed by atoms with van der Waals surface area (Å²) in [6, 6.07) is 1.14. The number of fused-ring (bicyclic) bond motifs is 5. The molecule has 1 aromatic carbocycles. The number of aromatic nitrogens is 5. The van der Waals surface area contributed by atoms with E-state index in [0.29, 0.717) is 29.0 Å². The van der Waals surface area contributed by atoms with E-state index >= 15 is 4.39 Å². The first-order chi connectivity index (χ1) is 18.5. The zero-order valence-electron chi connectivity index (χ0n) is 20.8. The number of hydrogen-bond donors (Lipinski definition) is 5. The lowest BCUT2D eigenvalue weighted by molar-refractivity contribution is 0.140. The van der Waals surface area contributed by atoms with Crippen molar-refractivity contribution in [2.24, 2.45) is 11.7 Å². The molecule has 1 aliphatic carbocycles. The predicted molar refractivity (Wildman–Crippen MR) is 136 cm³/mol. The van der Waals surface area contributed by atoms with Crippen LogP contribution in [0.1, 0.15) is 31.7 Å². The number of benzene rings is 1. The standard InChI is InChI=1S/C23H25F2N8O5P/c1-9(38-39(34,35)36)20-28-6-12(7-29-20)37-23-31-21-17(16-18(25)13(24)5-15(27-2)19(16)30-21)22(32-23)33-8-10-3-11(33)4-14(10)26/h5-7,9-11,14,27H,3-4,8,26H2,1-2H3,(H,30,31,32)(H2,34,35,36)/t9-,10-,11-,14-/m1/s1. The number of rotatable bonds is 7. The monoisotopic (exact) mass is 562 g/mol. The van der Waals surface area contributed by atoms with Crippen LogP contribution in [-0.4, -0.2) is 60.4 Å². The van der Waals surface area contributed by atoms with Crippen LogP contribution in [-0.2, 0) is 9.09 Å². The van der Waals surface area contributed by atoms with E-state index in [9.17, 15) is 8.96 Å². The molecule has 2 bridgehead atoms. The summed E-state index contributed by atoms with van der Waals surface area (Å²) in [5.41, 5.74) is 7.20. The van der Waals surface area contributed by atoms with Crippen molar-refractivity contribution in [3.63, 3.8) is 0 Å². The minimum absolute atomic E-state index is 0.0277. The summed E-state index contributed by atoms with van der Waals surface area (Å²) in [5, 5.41) is 3.25. The highest BCUT2D eigenvalue weighted by Crippen LogP contribution is 2.45. The number of halogens is 2. The summed E-state index contributed by atoms with van der Waals surface area (Å²) >= 11 is 0. The maximum Gasteiger partial charge on any atom is 0.470 e. The molecule has 3 aromatic heterocycles. The fourth-order valence-electron chi connectivity index (χ4n) is 5.51. The van der Waals surface area contributed by atoms with Crippen LogP contribution in [0.15, 0.2) is 18.5 Å². The molecule has 4 heterocycles. The third-order valence-corrected chi connectivity index (χ3v) is 7.83. The number of ether oxygens (including phenoxy) is 1. The molecule has 1 saturated carbocycles. The molecule has 2 fully saturated rings. The highest BCUT2D eigenvalue weighted by Gasteiger charge is 2.44. The van der Waals surface area contributed by atoms with Crippen molar-refractivity contribution in [1.82, 2.24) is 24.9 Å². The number of nitrogens with two attached hydrogens (primary N) is 1. The van der Waals surface area contributed by atoms with Gasteiger partial charge in [0.15, 0.2) is 23.2 Å². The number of nitrogens with zero attached hydrogens (tertiary/aromatic N) is 5. The van der Waals surface area contributed by atoms with Gasteiger partial charge in [-0.25, -0.2) is 23.3 Å². The molecule has 16 heteroatoms. The Bertz CT molecular complexity index is 1630. The molecule has 13 nitrogen and oxygen atoms in total. The first-order valence-corrected chi connectivity index (χ1v) is 13.7. The summed E-state index contributed by atoms with van der Waals surface area (Å²) < 4.78 is 51.3. The van der Waals surface area contributed by atoms with Crippen LogP contribution < -0.4 is 20.7 Å². The van der Waals surface area contributed by atoms with Crippen LogP contribution in [0.5, 0.6) is 11.8 Å². The summed E-state index contributed by atoms with van der Waals surface area (Å²) in [6.45, 7) is 2.00. The molecule has 2 aliphatic rings. The first-order valence-electron chi connectivity index (χ1n) is 12.2. The molecule has 4 aromatic rings. The topological polar surface area (TPSA) is 185 Å². The van der Waals surface area contributed by atoms with E-state index in [-0.39, 0.29) is 46.6 Å². The quantitative estimate of drug-likeness (QED) is 0.208. The van der Waals surface area contributed by atoms with Gasteiger partial charge in [-0.1, -0.05) is 0 Å². The van der Waals surface area contributed by atoms with Gasteiger partial charge in [0.05, 0.1) is 34.4 Å². The molecule has 1 saturated heterocycles. The van der Waals surface area contributed by atoms with Crippen molar-refractivity contribution in [3.8, 4) is 11.8 Å². The molecule has 6 N–H and O–H groups in total. The van der Waals surface area contributed by atoms with Crippen LogP contribution in [0, 0.1) is 17.6 Å². The Hall–Kier alpha value is -3.49. The van der Waals surface area contributed by atoms with Crippen molar-refractivity contribution in [1.29, 1.82) is 0 Å². The molecule has 39 heavy (non-hydrogen) atoms. The Morgan fingerprint density at radius 3 is 2.59 bits per heavy atom. The van der Waals surface area contributed by atoms with Crippen molar-refractivity contribution in [2.75, 3.05) is 23.8 Å². The predicted octanol–water partition coefficient (Wildman–Crippen LogP) is 3.11. The highest BCUT2D eigenvalue weighted by atomic mass is 31.2. The van der Waals surface area contributed by atoms with Gasteiger partial charge in [0.25, 0.3) is 0 Å². The van der Waals surface area contributed by atoms with Gasteiger partial charge >= 0.3 is 13.8 Å². The van der Waals surface area contributed by atoms with E-state index in [1.807, 2.05) is 4.90 Å². The zero-order chi connectivity index (χ0) is 27.6. The van der Waals surface area contributed by atoms with Crippen molar-refractivity contribution in [2.45, 2.75) is 38.0 Å². The second-order valence-electron chi connectivity index (χ2n) is 9.72. The molecular formula is C23H25F2N8O5P. The Morgan fingerprint density at radius 1 is 1.23 bits per heavy atom. The molecule has 0 spiro atoms. The second-order valence-corrected chi connectivity index (χ2v) is 10.9. The second kappa shape index (κ2) is 9.31. The normalized spacial score (nSPS) is 21.7. The lowest BCUT2D eigenvalue weighted by Crippen LogP contribution is -2.41. The number of piperidine rings is 1. The number of phosphoric acid groups is 1. The zero-order valence-corrected chi connectivity index (χ0v) is 21.7. The molecule has 0 radical (unpaired) electrons. The van der Waals surface area contributed by atoms with Crippen LogP contribution in [0.25, 0.3) is 21.9 Å². The van der Waals surface area contributed by atoms with Gasteiger partial charge in [-0.2, -0.15) is 9.97 Å². The Balaban J connectivity index is 1.43. The van der Waals surface area contributed by atoms with E-state index in [0.717, 1.165) is 18.9 Å². The van der Waals surface area contributed by atoms with Crippen molar-refractivity contribution in [3.05, 3.63) is 35.9 Å². The Kier molecular flexibility index (Phi) is 6.15. The van der Waals surface area contributed by atoms with Gasteiger partial charge in [0.1, 0.15) is 17.6 Å². The Morgan fingerprint density at radius 2 is 1.97 bits per heavy atom. The minimum Gasteiger partial charge on any atom is -0.421 e. The number of aromatic amines is 1. The molecule has 0 amide bonds. The number of H-pyrrole nitrogens is 1. The molecule has 206 valence electrons. The summed E-state index contributed by atoms with van der Waals surface area (Å²) in [4.78, 5) is 40.3. The first kappa shape index (κ1) is 25.8. The molecule has 4 atom stereocenters. The lowest BCUT2D eigenvalue weighted by atomic mass is 10.0. The highest BCUT2D eigenvalue weighted by molar-refractivity contribution is 7.46. The van der Waals surface area contributed by atoms with E-state index in [1.54, 1.807) is 7.05 Å². The maximum atomic E-state index is 15.2. The minimum atomic E-state index is -4.73. The summed E-state index contributed by atoms with van der Waals surface area (Å²) in [5.74, 6) is -1.19. The van der Waals surface area contributed by atoms with Crippen LogP contribution in [0.2, 0.25) is 0 Å². The molecule has 1 aliphatic heterocycles. The van der Waals surface area contributed by atoms with Crippen molar-refractivity contribution < 1.29 is 32.4 Å². The van der Waals surface area contributed by atoms with Gasteiger partial charge in [-0.3, -0.25) is 4.52 Å².